The van der Waals surface area contributed by atoms with E-state index in [4.69, 9.17) is 4.74 Å². The van der Waals surface area contributed by atoms with Crippen molar-refractivity contribution < 1.29 is 14.3 Å². The number of hydrogen-bond acceptors (Lipinski definition) is 4. The van der Waals surface area contributed by atoms with E-state index < -0.39 is 5.54 Å². The lowest BCUT2D eigenvalue weighted by Gasteiger charge is -2.35. The summed E-state index contributed by atoms with van der Waals surface area (Å²) in [6.45, 7) is 2.11. The number of amides is 1. The van der Waals surface area contributed by atoms with Gasteiger partial charge in [-0.15, -0.1) is 0 Å². The summed E-state index contributed by atoms with van der Waals surface area (Å²) in [5.41, 5.74) is -0.766. The fourth-order valence-electron chi connectivity index (χ4n) is 3.57. The molecule has 1 saturated heterocycles. The van der Waals surface area contributed by atoms with Gasteiger partial charge in [-0.25, -0.2) is 4.79 Å². The van der Waals surface area contributed by atoms with Crippen LogP contribution in [-0.2, 0) is 14.3 Å². The molecular weight excluding hydrogens is 268 g/mol. The van der Waals surface area contributed by atoms with Crippen LogP contribution in [0.5, 0.6) is 0 Å². The zero-order valence-corrected chi connectivity index (χ0v) is 13.1. The van der Waals surface area contributed by atoms with Crippen LogP contribution in [0.1, 0.15) is 57.8 Å². The largest absolute Gasteiger partial charge is 0.467 e. The third kappa shape index (κ3) is 4.43. The first kappa shape index (κ1) is 16.3. The van der Waals surface area contributed by atoms with Gasteiger partial charge in [0, 0.05) is 6.42 Å². The fourth-order valence-corrected chi connectivity index (χ4v) is 3.57. The van der Waals surface area contributed by atoms with Crippen molar-refractivity contribution in [2.75, 3.05) is 20.2 Å². The average molecular weight is 296 g/mol. The second kappa shape index (κ2) is 7.78. The number of nitrogens with one attached hydrogen (secondary N) is 2. The van der Waals surface area contributed by atoms with Crippen LogP contribution in [-0.4, -0.2) is 37.6 Å². The van der Waals surface area contributed by atoms with Gasteiger partial charge in [0.1, 0.15) is 5.54 Å². The molecule has 1 amide bonds. The number of rotatable bonds is 5. The van der Waals surface area contributed by atoms with Gasteiger partial charge in [-0.2, -0.15) is 0 Å². The van der Waals surface area contributed by atoms with E-state index in [0.29, 0.717) is 25.2 Å². The van der Waals surface area contributed by atoms with E-state index in [1.54, 1.807) is 0 Å². The lowest BCUT2D eigenvalue weighted by atomic mass is 9.81. The predicted molar refractivity (Wildman–Crippen MR) is 80.8 cm³/mol. The molecule has 2 rings (SSSR count). The Balaban J connectivity index is 1.84. The Hall–Kier alpha value is -1.10. The highest BCUT2D eigenvalue weighted by atomic mass is 16.5. The Labute approximate surface area is 127 Å². The summed E-state index contributed by atoms with van der Waals surface area (Å²) < 4.78 is 4.93. The summed E-state index contributed by atoms with van der Waals surface area (Å²) in [7, 11) is 1.40. The van der Waals surface area contributed by atoms with E-state index in [1.807, 2.05) is 0 Å². The highest BCUT2D eigenvalue weighted by Gasteiger charge is 2.41. The van der Waals surface area contributed by atoms with Crippen molar-refractivity contribution in [3.05, 3.63) is 0 Å². The van der Waals surface area contributed by atoms with Crippen molar-refractivity contribution in [1.29, 1.82) is 0 Å². The minimum atomic E-state index is -0.766. The van der Waals surface area contributed by atoms with Gasteiger partial charge in [-0.05, 0) is 51.1 Å². The lowest BCUT2D eigenvalue weighted by molar-refractivity contribution is -0.152. The van der Waals surface area contributed by atoms with Gasteiger partial charge in [0.05, 0.1) is 7.11 Å². The highest BCUT2D eigenvalue weighted by molar-refractivity contribution is 5.88. The Bertz CT molecular complexity index is 359. The number of hydrogen-bond donors (Lipinski definition) is 2. The number of carbonyl (C=O) groups is 2. The Morgan fingerprint density at radius 2 is 1.86 bits per heavy atom. The van der Waals surface area contributed by atoms with Crippen LogP contribution in [0.2, 0.25) is 0 Å². The molecule has 0 aromatic heterocycles. The first-order valence-corrected chi connectivity index (χ1v) is 8.26. The first-order chi connectivity index (χ1) is 10.2. The van der Waals surface area contributed by atoms with Crippen LogP contribution >= 0.6 is 0 Å². The molecule has 0 bridgehead atoms. The second-order valence-electron chi connectivity index (χ2n) is 6.41. The van der Waals surface area contributed by atoms with E-state index >= 15 is 0 Å². The number of methoxy groups -OCH3 is 1. The Morgan fingerprint density at radius 3 is 2.48 bits per heavy atom. The van der Waals surface area contributed by atoms with Gasteiger partial charge in [0.15, 0.2) is 0 Å². The molecule has 5 nitrogen and oxygen atoms in total. The molecule has 2 aliphatic rings. The van der Waals surface area contributed by atoms with Crippen molar-refractivity contribution in [3.63, 3.8) is 0 Å². The molecule has 0 aromatic carbocycles. The molecule has 1 heterocycles. The third-order valence-electron chi connectivity index (χ3n) is 4.90. The number of piperidine rings is 1. The molecule has 2 N–H and O–H groups in total. The summed E-state index contributed by atoms with van der Waals surface area (Å²) in [5.74, 6) is 0.357. The van der Waals surface area contributed by atoms with Gasteiger partial charge in [-0.3, -0.25) is 4.79 Å². The van der Waals surface area contributed by atoms with Crippen LogP contribution in [0.4, 0.5) is 0 Å². The van der Waals surface area contributed by atoms with E-state index in [-0.39, 0.29) is 11.9 Å². The van der Waals surface area contributed by atoms with Gasteiger partial charge in [0.2, 0.25) is 5.91 Å². The maximum atomic E-state index is 12.2. The molecule has 2 fully saturated rings. The molecule has 5 heteroatoms. The molecular formula is C16H28N2O3. The van der Waals surface area contributed by atoms with Crippen LogP contribution in [0.25, 0.3) is 0 Å². The summed E-state index contributed by atoms with van der Waals surface area (Å²) in [4.78, 5) is 24.3. The maximum Gasteiger partial charge on any atom is 0.331 e. The summed E-state index contributed by atoms with van der Waals surface area (Å²) in [6, 6.07) is 0. The first-order valence-electron chi connectivity index (χ1n) is 8.26. The minimum absolute atomic E-state index is 0.000771. The van der Waals surface area contributed by atoms with Gasteiger partial charge in [0.25, 0.3) is 0 Å². The van der Waals surface area contributed by atoms with Gasteiger partial charge >= 0.3 is 5.97 Å². The molecule has 21 heavy (non-hydrogen) atoms. The molecule has 1 aliphatic heterocycles. The van der Waals surface area contributed by atoms with Crippen LogP contribution in [0, 0.1) is 5.92 Å². The number of ether oxygens (including phenoxy) is 1. The summed E-state index contributed by atoms with van der Waals surface area (Å²) >= 11 is 0. The summed E-state index contributed by atoms with van der Waals surface area (Å²) in [6.07, 6.45) is 8.23. The molecule has 0 radical (unpaired) electrons. The normalized spacial score (nSPS) is 22.5. The van der Waals surface area contributed by atoms with Crippen molar-refractivity contribution in [2.45, 2.75) is 63.3 Å². The Kier molecular flexibility index (Phi) is 6.03. The van der Waals surface area contributed by atoms with Crippen molar-refractivity contribution in [2.24, 2.45) is 5.92 Å². The van der Waals surface area contributed by atoms with E-state index in [0.717, 1.165) is 51.6 Å². The van der Waals surface area contributed by atoms with E-state index in [2.05, 4.69) is 10.6 Å². The molecule has 0 aromatic rings. The molecule has 0 spiro atoms. The minimum Gasteiger partial charge on any atom is -0.467 e. The van der Waals surface area contributed by atoms with Crippen molar-refractivity contribution in [1.82, 2.24) is 10.6 Å². The molecule has 0 unspecified atom stereocenters. The quantitative estimate of drug-likeness (QED) is 0.759. The second-order valence-corrected chi connectivity index (χ2v) is 6.41. The monoisotopic (exact) mass is 296 g/mol. The average Bonchev–Trinajstić information content (AvgIpc) is 2.54. The van der Waals surface area contributed by atoms with E-state index in [1.165, 1.54) is 7.11 Å². The van der Waals surface area contributed by atoms with Crippen LogP contribution in [0.3, 0.4) is 0 Å². The number of carbonyl (C=O) groups excluding carboxylic acids is 2. The van der Waals surface area contributed by atoms with Crippen LogP contribution in [0.15, 0.2) is 0 Å². The highest BCUT2D eigenvalue weighted by Crippen LogP contribution is 2.29. The maximum absolute atomic E-state index is 12.2. The zero-order valence-electron chi connectivity index (χ0n) is 13.1. The predicted octanol–water partition coefficient (Wildman–Crippen LogP) is 1.76. The topological polar surface area (TPSA) is 67.4 Å². The van der Waals surface area contributed by atoms with Gasteiger partial charge in [-0.1, -0.05) is 19.3 Å². The fraction of sp³-hybridized carbons (Fsp3) is 0.875. The third-order valence-corrected chi connectivity index (χ3v) is 4.90. The summed E-state index contributed by atoms with van der Waals surface area (Å²) in [5, 5.41) is 6.33. The standard InChI is InChI=1S/C16H28N2O3/c1-21-15(20)16(9-3-2-4-10-16)18-14(19)6-5-13-7-11-17-12-8-13/h13,17H,2-12H2,1H3,(H,18,19). The zero-order chi connectivity index (χ0) is 15.1. The van der Waals surface area contributed by atoms with Crippen LogP contribution < -0.4 is 10.6 Å². The molecule has 1 aliphatic carbocycles. The smallest absolute Gasteiger partial charge is 0.331 e. The molecule has 1 saturated carbocycles. The van der Waals surface area contributed by atoms with Gasteiger partial charge < -0.3 is 15.4 Å². The number of esters is 1. The lowest BCUT2D eigenvalue weighted by Crippen LogP contribution is -2.56. The van der Waals surface area contributed by atoms with E-state index in [9.17, 15) is 9.59 Å². The molecule has 0 atom stereocenters. The molecule has 120 valence electrons. The SMILES string of the molecule is COC(=O)C1(NC(=O)CCC2CCNCC2)CCCCC1. The van der Waals surface area contributed by atoms with Crippen molar-refractivity contribution >= 4 is 11.9 Å². The Morgan fingerprint density at radius 1 is 1.19 bits per heavy atom. The van der Waals surface area contributed by atoms with Crippen molar-refractivity contribution in [3.8, 4) is 0 Å².